The van der Waals surface area contributed by atoms with E-state index in [9.17, 15) is 4.79 Å². The lowest BCUT2D eigenvalue weighted by atomic mass is 10.2. The number of hydrogen-bond donors (Lipinski definition) is 2. The van der Waals surface area contributed by atoms with Crippen LogP contribution in [0.1, 0.15) is 6.92 Å². The van der Waals surface area contributed by atoms with Crippen molar-refractivity contribution in [2.24, 2.45) is 0 Å². The van der Waals surface area contributed by atoms with Gasteiger partial charge in [0.05, 0.1) is 31.5 Å². The van der Waals surface area contributed by atoms with Crippen molar-refractivity contribution >= 4 is 29.0 Å². The van der Waals surface area contributed by atoms with E-state index in [0.717, 1.165) is 5.75 Å². The van der Waals surface area contributed by atoms with Crippen molar-refractivity contribution < 1.29 is 19.0 Å². The molecule has 0 saturated carbocycles. The van der Waals surface area contributed by atoms with Gasteiger partial charge >= 0.3 is 6.03 Å². The lowest BCUT2D eigenvalue weighted by Crippen LogP contribution is -2.19. The maximum absolute atomic E-state index is 12.1. The number of halogens is 1. The summed E-state index contributed by atoms with van der Waals surface area (Å²) in [5, 5.41) is 5.79. The van der Waals surface area contributed by atoms with Gasteiger partial charge in [-0.05, 0) is 37.3 Å². The lowest BCUT2D eigenvalue weighted by Gasteiger charge is -2.14. The summed E-state index contributed by atoms with van der Waals surface area (Å²) in [6, 6.07) is 9.82. The fourth-order valence-corrected chi connectivity index (χ4v) is 2.28. The molecular formula is C17H19ClN2O4. The Morgan fingerprint density at radius 3 is 2.29 bits per heavy atom. The third kappa shape index (κ3) is 4.45. The topological polar surface area (TPSA) is 68.8 Å². The summed E-state index contributed by atoms with van der Waals surface area (Å²) in [6.45, 7) is 2.50. The van der Waals surface area contributed by atoms with Gasteiger partial charge in [0.25, 0.3) is 0 Å². The van der Waals surface area contributed by atoms with Gasteiger partial charge in [-0.2, -0.15) is 0 Å². The van der Waals surface area contributed by atoms with Crippen LogP contribution >= 0.6 is 11.6 Å². The molecule has 0 aliphatic rings. The normalized spacial score (nSPS) is 10.0. The molecule has 0 aliphatic heterocycles. The predicted octanol–water partition coefficient (Wildman–Crippen LogP) is 4.40. The molecule has 0 aliphatic carbocycles. The van der Waals surface area contributed by atoms with Crippen LogP contribution in [0.3, 0.4) is 0 Å². The highest BCUT2D eigenvalue weighted by atomic mass is 35.5. The highest BCUT2D eigenvalue weighted by molar-refractivity contribution is 6.32. The van der Waals surface area contributed by atoms with E-state index in [1.807, 2.05) is 6.92 Å². The Balaban J connectivity index is 2.07. The molecule has 0 bridgehead atoms. The van der Waals surface area contributed by atoms with E-state index in [1.165, 1.54) is 14.2 Å². The van der Waals surface area contributed by atoms with Crippen molar-refractivity contribution in [2.75, 3.05) is 31.5 Å². The SMILES string of the molecule is CCOc1ccc(NC(=O)Nc2cc(Cl)c(OC)cc2OC)cc1. The van der Waals surface area contributed by atoms with E-state index in [2.05, 4.69) is 10.6 Å². The minimum atomic E-state index is -0.418. The molecule has 2 amide bonds. The molecule has 7 heteroatoms. The standard InChI is InChI=1S/C17H19ClN2O4/c1-4-24-12-7-5-11(6-8-12)19-17(21)20-14-9-13(18)15(22-2)10-16(14)23-3/h5-10H,4H2,1-3H3,(H2,19,20,21). The number of urea groups is 1. The van der Waals surface area contributed by atoms with Crippen molar-refractivity contribution in [1.29, 1.82) is 0 Å². The highest BCUT2D eigenvalue weighted by Crippen LogP contribution is 2.35. The van der Waals surface area contributed by atoms with Crippen LogP contribution in [0.5, 0.6) is 17.2 Å². The van der Waals surface area contributed by atoms with Crippen molar-refractivity contribution in [3.63, 3.8) is 0 Å². The van der Waals surface area contributed by atoms with Gasteiger partial charge in [-0.15, -0.1) is 0 Å². The Kier molecular flexibility index (Phi) is 6.14. The largest absolute Gasteiger partial charge is 0.495 e. The molecule has 2 rings (SSSR count). The molecule has 0 saturated heterocycles. The van der Waals surface area contributed by atoms with Crippen molar-refractivity contribution in [2.45, 2.75) is 6.92 Å². The van der Waals surface area contributed by atoms with E-state index in [1.54, 1.807) is 36.4 Å². The number of methoxy groups -OCH3 is 2. The number of carbonyl (C=O) groups is 1. The van der Waals surface area contributed by atoms with E-state index in [-0.39, 0.29) is 0 Å². The second-order valence-corrected chi connectivity index (χ2v) is 5.13. The number of rotatable bonds is 6. The summed E-state index contributed by atoms with van der Waals surface area (Å²) in [4.78, 5) is 12.1. The fourth-order valence-electron chi connectivity index (χ4n) is 2.04. The minimum Gasteiger partial charge on any atom is -0.495 e. The van der Waals surface area contributed by atoms with E-state index >= 15 is 0 Å². The number of amides is 2. The molecule has 6 nitrogen and oxygen atoms in total. The molecule has 24 heavy (non-hydrogen) atoms. The number of carbonyl (C=O) groups excluding carboxylic acids is 1. The van der Waals surface area contributed by atoms with Crippen molar-refractivity contribution in [3.05, 3.63) is 41.4 Å². The average molecular weight is 351 g/mol. The highest BCUT2D eigenvalue weighted by Gasteiger charge is 2.12. The van der Waals surface area contributed by atoms with Gasteiger partial charge in [-0.3, -0.25) is 0 Å². The van der Waals surface area contributed by atoms with E-state index in [4.69, 9.17) is 25.8 Å². The van der Waals surface area contributed by atoms with Crippen LogP contribution in [0.4, 0.5) is 16.2 Å². The second kappa shape index (κ2) is 8.31. The smallest absolute Gasteiger partial charge is 0.323 e. The van der Waals surface area contributed by atoms with Gasteiger partial charge in [0.1, 0.15) is 17.2 Å². The Hall–Kier alpha value is -2.60. The number of nitrogens with one attached hydrogen (secondary N) is 2. The average Bonchev–Trinajstić information content (AvgIpc) is 2.57. The van der Waals surface area contributed by atoms with Gasteiger partial charge in [0, 0.05) is 11.8 Å². The second-order valence-electron chi connectivity index (χ2n) is 4.72. The zero-order chi connectivity index (χ0) is 17.5. The molecular weight excluding hydrogens is 332 g/mol. The zero-order valence-corrected chi connectivity index (χ0v) is 14.4. The number of benzene rings is 2. The predicted molar refractivity (Wildman–Crippen MR) is 94.8 cm³/mol. The molecule has 0 heterocycles. The number of ether oxygens (including phenoxy) is 3. The summed E-state index contributed by atoms with van der Waals surface area (Å²) < 4.78 is 15.7. The summed E-state index contributed by atoms with van der Waals surface area (Å²) in [5.41, 5.74) is 1.07. The molecule has 0 radical (unpaired) electrons. The van der Waals surface area contributed by atoms with Gasteiger partial charge in [-0.1, -0.05) is 11.6 Å². The van der Waals surface area contributed by atoms with Crippen molar-refractivity contribution in [1.82, 2.24) is 0 Å². The number of hydrogen-bond acceptors (Lipinski definition) is 4. The molecule has 0 unspecified atom stereocenters. The Morgan fingerprint density at radius 2 is 1.71 bits per heavy atom. The Bertz CT molecular complexity index is 704. The third-order valence-corrected chi connectivity index (χ3v) is 3.44. The van der Waals surface area contributed by atoms with Gasteiger partial charge < -0.3 is 24.8 Å². The summed E-state index contributed by atoms with van der Waals surface area (Å²) >= 11 is 6.08. The van der Waals surface area contributed by atoms with Crippen LogP contribution in [-0.2, 0) is 0 Å². The van der Waals surface area contributed by atoms with Crippen LogP contribution in [0.25, 0.3) is 0 Å². The first-order valence-corrected chi connectivity index (χ1v) is 7.67. The summed E-state index contributed by atoms with van der Waals surface area (Å²) in [6.07, 6.45) is 0. The first-order valence-electron chi connectivity index (χ1n) is 7.29. The Labute approximate surface area is 145 Å². The zero-order valence-electron chi connectivity index (χ0n) is 13.7. The maximum Gasteiger partial charge on any atom is 0.323 e. The van der Waals surface area contributed by atoms with Crippen LogP contribution in [-0.4, -0.2) is 26.9 Å². The molecule has 0 spiro atoms. The van der Waals surface area contributed by atoms with Crippen molar-refractivity contribution in [3.8, 4) is 17.2 Å². The van der Waals surface area contributed by atoms with Gasteiger partial charge in [-0.25, -0.2) is 4.79 Å². The molecule has 2 N–H and O–H groups in total. The van der Waals surface area contributed by atoms with Crippen LogP contribution in [0.15, 0.2) is 36.4 Å². The number of anilines is 2. The summed E-state index contributed by atoms with van der Waals surface area (Å²) in [7, 11) is 3.00. The molecule has 2 aromatic rings. The monoisotopic (exact) mass is 350 g/mol. The van der Waals surface area contributed by atoms with Gasteiger partial charge in [0.2, 0.25) is 0 Å². The van der Waals surface area contributed by atoms with Gasteiger partial charge in [0.15, 0.2) is 0 Å². The first-order chi connectivity index (χ1) is 11.6. The quantitative estimate of drug-likeness (QED) is 0.810. The summed E-state index contributed by atoms with van der Waals surface area (Å²) in [5.74, 6) is 1.65. The maximum atomic E-state index is 12.1. The molecule has 128 valence electrons. The third-order valence-electron chi connectivity index (χ3n) is 3.15. The van der Waals surface area contributed by atoms with E-state index < -0.39 is 6.03 Å². The fraction of sp³-hybridized carbons (Fsp3) is 0.235. The lowest BCUT2D eigenvalue weighted by molar-refractivity contribution is 0.262. The van der Waals surface area contributed by atoms with Crippen LogP contribution in [0, 0.1) is 0 Å². The first kappa shape index (κ1) is 17.7. The van der Waals surface area contributed by atoms with E-state index in [0.29, 0.717) is 34.5 Å². The molecule has 0 aromatic heterocycles. The Morgan fingerprint density at radius 1 is 1.04 bits per heavy atom. The van der Waals surface area contributed by atoms with Crippen LogP contribution in [0.2, 0.25) is 5.02 Å². The molecule has 0 atom stereocenters. The minimum absolute atomic E-state index is 0.370. The molecule has 0 fully saturated rings. The molecule has 2 aromatic carbocycles. The van der Waals surface area contributed by atoms with Crippen LogP contribution < -0.4 is 24.8 Å².